The summed E-state index contributed by atoms with van der Waals surface area (Å²) in [5.74, 6) is 0.589. The number of carbonyl (C=O) groups excluding carboxylic acids is 1. The molecule has 0 fully saturated rings. The molecular weight excluding hydrogens is 306 g/mol. The van der Waals surface area contributed by atoms with Gasteiger partial charge in [-0.1, -0.05) is 28.1 Å². The van der Waals surface area contributed by atoms with Crippen LogP contribution in [0.5, 0.6) is 0 Å². The topological polar surface area (TPSA) is 42.2 Å². The van der Waals surface area contributed by atoms with Crippen molar-refractivity contribution in [2.24, 2.45) is 0 Å². The average molecular weight is 322 g/mol. The van der Waals surface area contributed by atoms with Crippen LogP contribution < -0.4 is 5.32 Å². The number of alkyl halides is 1. The Balaban J connectivity index is 2.04. The van der Waals surface area contributed by atoms with E-state index in [2.05, 4.69) is 27.3 Å². The minimum Gasteiger partial charge on any atom is -0.469 e. The standard InChI is InChI=1S/C15H16BrNO2/c1-11-8-13(10-19-11)15(18)17-14-6-2-4-12(9-14)5-3-7-16/h2,4,6,8-10H,3,5,7H2,1H3,(H,17,18). The number of benzene rings is 1. The number of furan rings is 1. The maximum Gasteiger partial charge on any atom is 0.258 e. The Labute approximate surface area is 121 Å². The molecule has 0 aliphatic carbocycles. The lowest BCUT2D eigenvalue weighted by molar-refractivity contribution is 0.102. The summed E-state index contributed by atoms with van der Waals surface area (Å²) in [7, 11) is 0. The van der Waals surface area contributed by atoms with Crippen LogP contribution in [-0.4, -0.2) is 11.2 Å². The molecule has 1 heterocycles. The first-order valence-corrected chi connectivity index (χ1v) is 7.32. The fourth-order valence-electron chi connectivity index (χ4n) is 1.84. The highest BCUT2D eigenvalue weighted by Crippen LogP contribution is 2.15. The summed E-state index contributed by atoms with van der Waals surface area (Å²) < 4.78 is 5.13. The van der Waals surface area contributed by atoms with Crippen molar-refractivity contribution < 1.29 is 9.21 Å². The van der Waals surface area contributed by atoms with E-state index in [-0.39, 0.29) is 5.91 Å². The highest BCUT2D eigenvalue weighted by Gasteiger charge is 2.09. The zero-order valence-electron chi connectivity index (χ0n) is 10.8. The third-order valence-corrected chi connectivity index (χ3v) is 3.34. The molecule has 0 spiro atoms. The van der Waals surface area contributed by atoms with E-state index in [1.54, 1.807) is 6.07 Å². The highest BCUT2D eigenvalue weighted by molar-refractivity contribution is 9.09. The van der Waals surface area contributed by atoms with Crippen molar-refractivity contribution in [1.82, 2.24) is 0 Å². The summed E-state index contributed by atoms with van der Waals surface area (Å²) in [6.07, 6.45) is 3.55. The molecule has 3 nitrogen and oxygen atoms in total. The Bertz CT molecular complexity index is 563. The predicted molar refractivity (Wildman–Crippen MR) is 80.0 cm³/mol. The van der Waals surface area contributed by atoms with Crippen LogP contribution in [0.3, 0.4) is 0 Å². The first kappa shape index (κ1) is 13.9. The van der Waals surface area contributed by atoms with Crippen molar-refractivity contribution in [2.45, 2.75) is 19.8 Å². The molecular formula is C15H16BrNO2. The SMILES string of the molecule is Cc1cc(C(=O)Nc2cccc(CCCBr)c2)co1. The van der Waals surface area contributed by atoms with Crippen molar-refractivity contribution in [2.75, 3.05) is 10.6 Å². The van der Waals surface area contributed by atoms with Gasteiger partial charge in [-0.15, -0.1) is 0 Å². The Morgan fingerprint density at radius 3 is 2.89 bits per heavy atom. The molecule has 0 bridgehead atoms. The second kappa shape index (κ2) is 6.57. The van der Waals surface area contributed by atoms with Crippen LogP contribution >= 0.6 is 15.9 Å². The van der Waals surface area contributed by atoms with E-state index in [4.69, 9.17) is 4.42 Å². The van der Waals surface area contributed by atoms with Crippen LogP contribution in [-0.2, 0) is 6.42 Å². The van der Waals surface area contributed by atoms with Crippen molar-refractivity contribution in [3.8, 4) is 0 Å². The van der Waals surface area contributed by atoms with Gasteiger partial charge in [-0.05, 0) is 43.5 Å². The molecule has 19 heavy (non-hydrogen) atoms. The molecule has 1 N–H and O–H groups in total. The third kappa shape index (κ3) is 3.96. The maximum absolute atomic E-state index is 12.0. The molecule has 4 heteroatoms. The van der Waals surface area contributed by atoms with Crippen molar-refractivity contribution in [1.29, 1.82) is 0 Å². The lowest BCUT2D eigenvalue weighted by atomic mass is 10.1. The monoisotopic (exact) mass is 321 g/mol. The van der Waals surface area contributed by atoms with Gasteiger partial charge in [-0.25, -0.2) is 0 Å². The number of nitrogens with one attached hydrogen (secondary N) is 1. The second-order valence-corrected chi connectivity index (χ2v) is 5.19. The predicted octanol–water partition coefficient (Wildman–Crippen LogP) is 4.17. The van der Waals surface area contributed by atoms with E-state index in [9.17, 15) is 4.79 Å². The molecule has 1 aromatic heterocycles. The average Bonchev–Trinajstić information content (AvgIpc) is 2.83. The fraction of sp³-hybridized carbons (Fsp3) is 0.267. The normalized spacial score (nSPS) is 10.4. The molecule has 0 aliphatic rings. The van der Waals surface area contributed by atoms with Gasteiger partial charge in [0.15, 0.2) is 0 Å². The van der Waals surface area contributed by atoms with Crippen molar-refractivity contribution >= 4 is 27.5 Å². The van der Waals surface area contributed by atoms with Gasteiger partial charge in [0, 0.05) is 11.0 Å². The van der Waals surface area contributed by atoms with Gasteiger partial charge in [0.05, 0.1) is 5.56 Å². The van der Waals surface area contributed by atoms with E-state index in [0.717, 1.165) is 29.6 Å². The van der Waals surface area contributed by atoms with Crippen LogP contribution in [0.1, 0.15) is 28.1 Å². The molecule has 0 aliphatic heterocycles. The number of carbonyl (C=O) groups is 1. The third-order valence-electron chi connectivity index (χ3n) is 2.78. The van der Waals surface area contributed by atoms with E-state index < -0.39 is 0 Å². The number of halogens is 1. The molecule has 1 aromatic carbocycles. The van der Waals surface area contributed by atoms with Gasteiger partial charge in [0.1, 0.15) is 12.0 Å². The molecule has 0 atom stereocenters. The zero-order chi connectivity index (χ0) is 13.7. The summed E-state index contributed by atoms with van der Waals surface area (Å²) in [5, 5.41) is 3.86. The highest BCUT2D eigenvalue weighted by atomic mass is 79.9. The molecule has 0 unspecified atom stereocenters. The molecule has 2 rings (SSSR count). The van der Waals surface area contributed by atoms with Crippen LogP contribution in [0.2, 0.25) is 0 Å². The quantitative estimate of drug-likeness (QED) is 0.840. The second-order valence-electron chi connectivity index (χ2n) is 4.39. The lowest BCUT2D eigenvalue weighted by Gasteiger charge is -2.06. The van der Waals surface area contributed by atoms with Crippen LogP contribution in [0.4, 0.5) is 5.69 Å². The van der Waals surface area contributed by atoms with Crippen molar-refractivity contribution in [3.63, 3.8) is 0 Å². The molecule has 2 aromatic rings. The Kier molecular flexibility index (Phi) is 4.80. The van der Waals surface area contributed by atoms with Gasteiger partial charge < -0.3 is 9.73 Å². The molecule has 100 valence electrons. The molecule has 0 radical (unpaired) electrons. The zero-order valence-corrected chi connectivity index (χ0v) is 12.4. The van der Waals surface area contributed by atoms with Crippen molar-refractivity contribution in [3.05, 3.63) is 53.5 Å². The summed E-state index contributed by atoms with van der Waals surface area (Å²) in [6, 6.07) is 9.65. The maximum atomic E-state index is 12.0. The van der Waals surface area contributed by atoms with Crippen LogP contribution in [0.25, 0.3) is 0 Å². The Morgan fingerprint density at radius 2 is 2.21 bits per heavy atom. The molecule has 1 amide bonds. The minimum absolute atomic E-state index is 0.144. The smallest absolute Gasteiger partial charge is 0.258 e. The van der Waals surface area contributed by atoms with E-state index in [1.807, 2.05) is 25.1 Å². The number of rotatable bonds is 5. The largest absolute Gasteiger partial charge is 0.469 e. The Hall–Kier alpha value is -1.55. The van der Waals surface area contributed by atoms with Gasteiger partial charge >= 0.3 is 0 Å². The summed E-state index contributed by atoms with van der Waals surface area (Å²) in [5.41, 5.74) is 2.58. The van der Waals surface area contributed by atoms with Gasteiger partial charge in [0.25, 0.3) is 5.91 Å². The van der Waals surface area contributed by atoms with Crippen LogP contribution in [0, 0.1) is 6.92 Å². The minimum atomic E-state index is -0.144. The summed E-state index contributed by atoms with van der Waals surface area (Å²) in [6.45, 7) is 1.82. The lowest BCUT2D eigenvalue weighted by Crippen LogP contribution is -2.10. The molecule has 0 saturated carbocycles. The van der Waals surface area contributed by atoms with Gasteiger partial charge in [0.2, 0.25) is 0 Å². The number of aryl methyl sites for hydroxylation is 2. The summed E-state index contributed by atoms with van der Waals surface area (Å²) in [4.78, 5) is 12.0. The van der Waals surface area contributed by atoms with Crippen LogP contribution in [0.15, 0.2) is 41.0 Å². The fourth-order valence-corrected chi connectivity index (χ4v) is 2.12. The Morgan fingerprint density at radius 1 is 1.37 bits per heavy atom. The number of hydrogen-bond donors (Lipinski definition) is 1. The van der Waals surface area contributed by atoms with E-state index in [0.29, 0.717) is 5.56 Å². The van der Waals surface area contributed by atoms with Gasteiger partial charge in [-0.2, -0.15) is 0 Å². The number of hydrogen-bond acceptors (Lipinski definition) is 2. The van der Waals surface area contributed by atoms with E-state index >= 15 is 0 Å². The van der Waals surface area contributed by atoms with Gasteiger partial charge in [-0.3, -0.25) is 4.79 Å². The number of anilines is 1. The first-order chi connectivity index (χ1) is 9.19. The first-order valence-electron chi connectivity index (χ1n) is 6.20. The summed E-state index contributed by atoms with van der Waals surface area (Å²) >= 11 is 3.42. The molecule has 0 saturated heterocycles. The van der Waals surface area contributed by atoms with E-state index in [1.165, 1.54) is 11.8 Å². The number of amides is 1.